The molecule has 17 heavy (non-hydrogen) atoms. The first-order valence-corrected chi connectivity index (χ1v) is 5.55. The third-order valence-corrected chi connectivity index (χ3v) is 2.75. The summed E-state index contributed by atoms with van der Waals surface area (Å²) < 4.78 is 9.63. The molecule has 0 saturated carbocycles. The maximum Gasteiger partial charge on any atom is 0.305 e. The van der Waals surface area contributed by atoms with E-state index < -0.39 is 6.10 Å². The molecule has 1 rings (SSSR count). The normalized spacial score (nSPS) is 12.0. The Morgan fingerprint density at radius 1 is 1.47 bits per heavy atom. The average Bonchev–Trinajstić information content (AvgIpc) is 2.34. The molecule has 0 fully saturated rings. The molecule has 1 N–H and O–H groups in total. The van der Waals surface area contributed by atoms with Crippen molar-refractivity contribution in [2.75, 3.05) is 14.2 Å². The summed E-state index contributed by atoms with van der Waals surface area (Å²) in [5, 5.41) is 10.4. The van der Waals surface area contributed by atoms with E-state index in [-0.39, 0.29) is 18.8 Å². The van der Waals surface area contributed by atoms with E-state index in [2.05, 4.69) is 4.74 Å². The number of rotatable bonds is 5. The third-order valence-electron chi connectivity index (χ3n) is 2.42. The zero-order chi connectivity index (χ0) is 12.8. The summed E-state index contributed by atoms with van der Waals surface area (Å²) in [6.45, 7) is 0. The molecule has 0 aliphatic rings. The van der Waals surface area contributed by atoms with Gasteiger partial charge in [-0.1, -0.05) is 17.7 Å². The predicted molar refractivity (Wildman–Crippen MR) is 64.2 cm³/mol. The van der Waals surface area contributed by atoms with Crippen molar-refractivity contribution in [1.82, 2.24) is 0 Å². The van der Waals surface area contributed by atoms with E-state index in [4.69, 9.17) is 16.3 Å². The van der Waals surface area contributed by atoms with Crippen molar-refractivity contribution in [3.05, 3.63) is 28.8 Å². The highest BCUT2D eigenvalue weighted by Crippen LogP contribution is 2.34. The summed E-state index contributed by atoms with van der Waals surface area (Å²) in [5.41, 5.74) is 0.501. The van der Waals surface area contributed by atoms with Crippen molar-refractivity contribution in [2.45, 2.75) is 18.9 Å². The summed E-state index contributed by atoms with van der Waals surface area (Å²) in [6.07, 6.45) is -0.475. The number of methoxy groups -OCH3 is 2. The van der Waals surface area contributed by atoms with Gasteiger partial charge in [-0.05, 0) is 18.6 Å². The van der Waals surface area contributed by atoms with Crippen molar-refractivity contribution < 1.29 is 19.4 Å². The number of esters is 1. The van der Waals surface area contributed by atoms with Gasteiger partial charge in [0.25, 0.3) is 0 Å². The Morgan fingerprint density at radius 3 is 2.76 bits per heavy atom. The van der Waals surface area contributed by atoms with Gasteiger partial charge in [0.15, 0.2) is 0 Å². The van der Waals surface area contributed by atoms with E-state index in [0.29, 0.717) is 16.3 Å². The Hall–Kier alpha value is -1.26. The van der Waals surface area contributed by atoms with E-state index in [0.717, 1.165) is 0 Å². The lowest BCUT2D eigenvalue weighted by Crippen LogP contribution is -2.06. The Kier molecular flexibility index (Phi) is 5.25. The fourth-order valence-electron chi connectivity index (χ4n) is 1.52. The van der Waals surface area contributed by atoms with Crippen LogP contribution in [-0.2, 0) is 9.53 Å². The molecule has 1 atom stereocenters. The fourth-order valence-corrected chi connectivity index (χ4v) is 1.81. The highest BCUT2D eigenvalue weighted by Gasteiger charge is 2.18. The molecular weight excluding hydrogens is 244 g/mol. The Morgan fingerprint density at radius 2 is 2.18 bits per heavy atom. The summed E-state index contributed by atoms with van der Waals surface area (Å²) in [5.74, 6) is 0.143. The van der Waals surface area contributed by atoms with Crippen molar-refractivity contribution in [3.63, 3.8) is 0 Å². The first-order chi connectivity index (χ1) is 8.10. The first kappa shape index (κ1) is 13.8. The number of hydrogen-bond donors (Lipinski definition) is 1. The third kappa shape index (κ3) is 3.61. The van der Waals surface area contributed by atoms with Crippen molar-refractivity contribution in [3.8, 4) is 5.75 Å². The lowest BCUT2D eigenvalue weighted by molar-refractivity contribution is -0.141. The van der Waals surface area contributed by atoms with Crippen LogP contribution in [0.25, 0.3) is 0 Å². The molecule has 0 aliphatic carbocycles. The van der Waals surface area contributed by atoms with Gasteiger partial charge in [0.05, 0.1) is 25.3 Å². The second-order valence-electron chi connectivity index (χ2n) is 3.49. The van der Waals surface area contributed by atoms with Crippen LogP contribution in [0.1, 0.15) is 24.5 Å². The molecule has 0 aromatic heterocycles. The largest absolute Gasteiger partial charge is 0.496 e. The van der Waals surface area contributed by atoms with Gasteiger partial charge < -0.3 is 14.6 Å². The molecule has 1 aromatic carbocycles. The number of aliphatic hydroxyl groups is 1. The summed E-state index contributed by atoms with van der Waals surface area (Å²) in [7, 11) is 2.81. The van der Waals surface area contributed by atoms with Crippen LogP contribution in [0, 0.1) is 0 Å². The molecule has 0 spiro atoms. The van der Waals surface area contributed by atoms with Crippen LogP contribution >= 0.6 is 11.6 Å². The zero-order valence-corrected chi connectivity index (χ0v) is 10.5. The lowest BCUT2D eigenvalue weighted by Gasteiger charge is -2.15. The Labute approximate surface area is 105 Å². The topological polar surface area (TPSA) is 55.8 Å². The zero-order valence-electron chi connectivity index (χ0n) is 9.77. The minimum Gasteiger partial charge on any atom is -0.496 e. The van der Waals surface area contributed by atoms with Gasteiger partial charge in [-0.3, -0.25) is 4.79 Å². The lowest BCUT2D eigenvalue weighted by atomic mass is 10.0. The summed E-state index contributed by atoms with van der Waals surface area (Å²) >= 11 is 6.00. The Bertz CT molecular complexity index is 392. The predicted octanol–water partition coefficient (Wildman–Crippen LogP) is 2.34. The van der Waals surface area contributed by atoms with Crippen molar-refractivity contribution >= 4 is 17.6 Å². The Balaban J connectivity index is 2.80. The molecule has 0 saturated heterocycles. The van der Waals surface area contributed by atoms with E-state index in [1.54, 1.807) is 18.2 Å². The van der Waals surface area contributed by atoms with Crippen LogP contribution in [0.4, 0.5) is 0 Å². The molecular formula is C12H15ClO4. The van der Waals surface area contributed by atoms with E-state index in [1.807, 2.05) is 0 Å². The van der Waals surface area contributed by atoms with Crippen LogP contribution in [0.15, 0.2) is 18.2 Å². The van der Waals surface area contributed by atoms with Gasteiger partial charge in [-0.2, -0.15) is 0 Å². The van der Waals surface area contributed by atoms with Crippen LogP contribution in [0.2, 0.25) is 5.02 Å². The molecule has 0 heterocycles. The second kappa shape index (κ2) is 6.47. The van der Waals surface area contributed by atoms with Gasteiger partial charge in [0, 0.05) is 12.0 Å². The fraction of sp³-hybridized carbons (Fsp3) is 0.417. The monoisotopic (exact) mass is 258 g/mol. The van der Waals surface area contributed by atoms with Gasteiger partial charge in [0.2, 0.25) is 0 Å². The standard InChI is InChI=1S/C12H15ClO4/c1-16-10-5-3-4-8(13)12(10)9(14)6-7-11(15)17-2/h3-5,9,14H,6-7H2,1-2H3. The molecule has 1 unspecified atom stereocenters. The van der Waals surface area contributed by atoms with E-state index >= 15 is 0 Å². The molecule has 5 heteroatoms. The number of carbonyl (C=O) groups is 1. The molecule has 0 aliphatic heterocycles. The quantitative estimate of drug-likeness (QED) is 0.824. The number of benzene rings is 1. The van der Waals surface area contributed by atoms with Crippen LogP contribution < -0.4 is 4.74 Å². The highest BCUT2D eigenvalue weighted by molar-refractivity contribution is 6.31. The van der Waals surface area contributed by atoms with Crippen LogP contribution in [0.3, 0.4) is 0 Å². The smallest absolute Gasteiger partial charge is 0.305 e. The summed E-state index contributed by atoms with van der Waals surface area (Å²) in [4.78, 5) is 11.0. The van der Waals surface area contributed by atoms with E-state index in [9.17, 15) is 9.90 Å². The van der Waals surface area contributed by atoms with Gasteiger partial charge in [-0.15, -0.1) is 0 Å². The maximum absolute atomic E-state index is 11.0. The van der Waals surface area contributed by atoms with Gasteiger partial charge in [0.1, 0.15) is 5.75 Å². The van der Waals surface area contributed by atoms with Crippen LogP contribution in [0.5, 0.6) is 5.75 Å². The molecule has 4 nitrogen and oxygen atoms in total. The number of halogens is 1. The molecule has 0 amide bonds. The number of carbonyl (C=O) groups excluding carboxylic acids is 1. The van der Waals surface area contributed by atoms with Crippen molar-refractivity contribution in [1.29, 1.82) is 0 Å². The molecule has 1 aromatic rings. The van der Waals surface area contributed by atoms with Crippen molar-refractivity contribution in [2.24, 2.45) is 0 Å². The minimum absolute atomic E-state index is 0.131. The van der Waals surface area contributed by atoms with Gasteiger partial charge in [-0.25, -0.2) is 0 Å². The summed E-state index contributed by atoms with van der Waals surface area (Å²) in [6, 6.07) is 5.11. The number of ether oxygens (including phenoxy) is 2. The number of hydrogen-bond acceptors (Lipinski definition) is 4. The van der Waals surface area contributed by atoms with E-state index in [1.165, 1.54) is 14.2 Å². The molecule has 0 radical (unpaired) electrons. The highest BCUT2D eigenvalue weighted by atomic mass is 35.5. The SMILES string of the molecule is COC(=O)CCC(O)c1c(Cl)cccc1OC. The maximum atomic E-state index is 11.0. The average molecular weight is 259 g/mol. The molecule has 0 bridgehead atoms. The number of aliphatic hydroxyl groups excluding tert-OH is 1. The minimum atomic E-state index is -0.849. The van der Waals surface area contributed by atoms with Crippen LogP contribution in [-0.4, -0.2) is 25.3 Å². The van der Waals surface area contributed by atoms with Gasteiger partial charge >= 0.3 is 5.97 Å². The first-order valence-electron chi connectivity index (χ1n) is 5.17. The second-order valence-corrected chi connectivity index (χ2v) is 3.89. The molecule has 94 valence electrons.